The molecule has 6 nitrogen and oxygen atoms in total. The molecule has 0 saturated carbocycles. The number of benzene rings is 2. The summed E-state index contributed by atoms with van der Waals surface area (Å²) in [5.74, 6) is 0. The molecule has 0 unspecified atom stereocenters. The van der Waals surface area contributed by atoms with Crippen LogP contribution in [0, 0.1) is 10.1 Å². The lowest BCUT2D eigenvalue weighted by atomic mass is 9.99. The first kappa shape index (κ1) is 18.0. The Labute approximate surface area is 157 Å². The number of nitrogens with zero attached hydrogens (tertiary/aromatic N) is 2. The smallest absolute Gasteiger partial charge is 0.269 e. The van der Waals surface area contributed by atoms with Crippen LogP contribution in [0.5, 0.6) is 0 Å². The van der Waals surface area contributed by atoms with Crippen molar-refractivity contribution < 1.29 is 9.72 Å². The van der Waals surface area contributed by atoms with Crippen molar-refractivity contribution in [2.45, 2.75) is 26.3 Å². The van der Waals surface area contributed by atoms with Gasteiger partial charge in [-0.3, -0.25) is 14.9 Å². The molecule has 7 heteroatoms. The molecule has 1 aliphatic rings. The molecule has 0 amide bonds. The normalized spacial score (nSPS) is 13.0. The fraction of sp³-hybridized carbons (Fsp3) is 0.263. The van der Waals surface area contributed by atoms with Crippen LogP contribution in [0.25, 0.3) is 0 Å². The van der Waals surface area contributed by atoms with Gasteiger partial charge in [-0.1, -0.05) is 13.0 Å². The van der Waals surface area contributed by atoms with Crippen LogP contribution in [0.1, 0.15) is 34.0 Å². The van der Waals surface area contributed by atoms with Gasteiger partial charge in [0.2, 0.25) is 0 Å². The summed E-state index contributed by atoms with van der Waals surface area (Å²) in [5, 5.41) is 14.8. The zero-order valence-corrected chi connectivity index (χ0v) is 15.2. The van der Waals surface area contributed by atoms with Crippen LogP contribution in [-0.2, 0) is 19.4 Å². The Balaban J connectivity index is 1.76. The van der Waals surface area contributed by atoms with Gasteiger partial charge >= 0.3 is 0 Å². The number of non-ortho nitro benzene ring substituents is 1. The molecule has 0 saturated heterocycles. The third-order valence-electron chi connectivity index (χ3n) is 4.59. The van der Waals surface area contributed by atoms with Crippen LogP contribution < -0.4 is 5.32 Å². The molecule has 2 aromatic rings. The van der Waals surface area contributed by atoms with Crippen molar-refractivity contribution in [2.75, 3.05) is 11.9 Å². The quantitative estimate of drug-likeness (QED) is 0.383. The van der Waals surface area contributed by atoms with Gasteiger partial charge in [-0.05, 0) is 59.9 Å². The van der Waals surface area contributed by atoms with Crippen LogP contribution in [0.4, 0.5) is 11.4 Å². The fourth-order valence-corrected chi connectivity index (χ4v) is 3.39. The van der Waals surface area contributed by atoms with Gasteiger partial charge in [-0.2, -0.15) is 0 Å². The third-order valence-corrected chi connectivity index (χ3v) is 4.95. The number of fused-ring (bicyclic) bond motifs is 1. The van der Waals surface area contributed by atoms with E-state index in [9.17, 15) is 14.9 Å². The van der Waals surface area contributed by atoms with Gasteiger partial charge in [-0.25, -0.2) is 0 Å². The molecule has 0 atom stereocenters. The summed E-state index contributed by atoms with van der Waals surface area (Å²) in [6.45, 7) is 3.32. The fourth-order valence-electron chi connectivity index (χ4n) is 3.13. The highest BCUT2D eigenvalue weighted by Gasteiger charge is 2.21. The van der Waals surface area contributed by atoms with Gasteiger partial charge in [0, 0.05) is 36.5 Å². The molecule has 3 rings (SSSR count). The Bertz CT molecular complexity index is 882. The van der Waals surface area contributed by atoms with Crippen LogP contribution in [0.2, 0.25) is 0 Å². The highest BCUT2D eigenvalue weighted by Crippen LogP contribution is 2.25. The standard InChI is InChI=1S/C19H19N3O3S/c1-2-14-9-13(12-23)3-6-18(14)20-19(26)21-8-7-15-4-5-17(22(24)25)10-16(15)11-21/h3-6,9-10,12H,2,7-8,11H2,1H3,(H,20,26). The summed E-state index contributed by atoms with van der Waals surface area (Å²) < 4.78 is 0. The largest absolute Gasteiger partial charge is 0.344 e. The van der Waals surface area contributed by atoms with E-state index in [1.807, 2.05) is 30.0 Å². The number of carbonyl (C=O) groups is 1. The first-order valence-electron chi connectivity index (χ1n) is 8.42. The SMILES string of the molecule is CCc1cc(C=O)ccc1NC(=S)N1CCc2ccc([N+](=O)[O-])cc2C1. The molecular formula is C19H19N3O3S. The molecule has 0 bridgehead atoms. The monoisotopic (exact) mass is 369 g/mol. The maximum atomic E-state index is 11.0. The number of aryl methyl sites for hydroxylation is 1. The van der Waals surface area contributed by atoms with E-state index < -0.39 is 0 Å². The summed E-state index contributed by atoms with van der Waals surface area (Å²) in [7, 11) is 0. The zero-order chi connectivity index (χ0) is 18.7. The number of nitro benzene ring substituents is 1. The van der Waals surface area contributed by atoms with Crippen molar-refractivity contribution in [3.63, 3.8) is 0 Å². The Kier molecular flexibility index (Phi) is 5.27. The summed E-state index contributed by atoms with van der Waals surface area (Å²) in [6, 6.07) is 10.5. The van der Waals surface area contributed by atoms with Crippen LogP contribution in [0.15, 0.2) is 36.4 Å². The van der Waals surface area contributed by atoms with Gasteiger partial charge in [0.15, 0.2) is 5.11 Å². The number of anilines is 1. The van der Waals surface area contributed by atoms with E-state index in [4.69, 9.17) is 12.2 Å². The predicted octanol–water partition coefficient (Wildman–Crippen LogP) is 3.72. The predicted molar refractivity (Wildman–Crippen MR) is 105 cm³/mol. The first-order valence-corrected chi connectivity index (χ1v) is 8.83. The third kappa shape index (κ3) is 3.72. The Morgan fingerprint density at radius 3 is 2.81 bits per heavy atom. The lowest BCUT2D eigenvalue weighted by Crippen LogP contribution is -2.38. The molecule has 0 fully saturated rings. The van der Waals surface area contributed by atoms with E-state index in [1.165, 1.54) is 0 Å². The Morgan fingerprint density at radius 2 is 2.12 bits per heavy atom. The summed E-state index contributed by atoms with van der Waals surface area (Å²) in [6.07, 6.45) is 2.40. The van der Waals surface area contributed by atoms with Gasteiger partial charge < -0.3 is 10.2 Å². The minimum atomic E-state index is -0.377. The van der Waals surface area contributed by atoms with E-state index >= 15 is 0 Å². The van der Waals surface area contributed by atoms with Crippen LogP contribution in [0.3, 0.4) is 0 Å². The number of aldehydes is 1. The number of nitrogens with one attached hydrogen (secondary N) is 1. The average molecular weight is 369 g/mol. The molecule has 0 spiro atoms. The van der Waals surface area contributed by atoms with Crippen molar-refractivity contribution in [1.29, 1.82) is 0 Å². The molecule has 1 aliphatic heterocycles. The minimum absolute atomic E-state index is 0.0993. The van der Waals surface area contributed by atoms with Gasteiger partial charge in [0.1, 0.15) is 6.29 Å². The summed E-state index contributed by atoms with van der Waals surface area (Å²) in [4.78, 5) is 23.6. The first-order chi connectivity index (χ1) is 12.5. The average Bonchev–Trinajstić information content (AvgIpc) is 2.67. The van der Waals surface area contributed by atoms with Crippen molar-refractivity contribution in [3.8, 4) is 0 Å². The second-order valence-electron chi connectivity index (χ2n) is 6.20. The highest BCUT2D eigenvalue weighted by atomic mass is 32.1. The molecule has 0 radical (unpaired) electrons. The van der Waals surface area contributed by atoms with Crippen molar-refractivity contribution in [1.82, 2.24) is 4.90 Å². The number of carbonyl (C=O) groups excluding carboxylic acids is 1. The number of hydrogen-bond acceptors (Lipinski definition) is 4. The Hall–Kier alpha value is -2.80. The second-order valence-corrected chi connectivity index (χ2v) is 6.59. The molecule has 2 aromatic carbocycles. The lowest BCUT2D eigenvalue weighted by molar-refractivity contribution is -0.385. The van der Waals surface area contributed by atoms with Crippen molar-refractivity contribution in [2.24, 2.45) is 0 Å². The maximum Gasteiger partial charge on any atom is 0.269 e. The van der Waals surface area contributed by atoms with E-state index in [-0.39, 0.29) is 10.6 Å². The molecule has 0 aliphatic carbocycles. The molecule has 26 heavy (non-hydrogen) atoms. The van der Waals surface area contributed by atoms with Crippen LogP contribution in [-0.4, -0.2) is 27.8 Å². The van der Waals surface area contributed by atoms with Gasteiger partial charge in [0.25, 0.3) is 5.69 Å². The minimum Gasteiger partial charge on any atom is -0.344 e. The second kappa shape index (κ2) is 7.61. The highest BCUT2D eigenvalue weighted by molar-refractivity contribution is 7.80. The van der Waals surface area contributed by atoms with Gasteiger partial charge in [0.05, 0.1) is 4.92 Å². The molecule has 0 aromatic heterocycles. The number of nitro groups is 1. The van der Waals surface area contributed by atoms with E-state index in [0.717, 1.165) is 48.1 Å². The molecule has 1 heterocycles. The van der Waals surface area contributed by atoms with Crippen LogP contribution >= 0.6 is 12.2 Å². The molecule has 134 valence electrons. The number of hydrogen-bond donors (Lipinski definition) is 1. The van der Waals surface area contributed by atoms with E-state index in [1.54, 1.807) is 18.2 Å². The molecular weight excluding hydrogens is 350 g/mol. The zero-order valence-electron chi connectivity index (χ0n) is 14.4. The van der Waals surface area contributed by atoms with Gasteiger partial charge in [-0.15, -0.1) is 0 Å². The number of rotatable bonds is 4. The molecule has 1 N–H and O–H groups in total. The Morgan fingerprint density at radius 1 is 1.31 bits per heavy atom. The van der Waals surface area contributed by atoms with E-state index in [0.29, 0.717) is 17.2 Å². The van der Waals surface area contributed by atoms with Crippen molar-refractivity contribution >= 4 is 35.0 Å². The summed E-state index contributed by atoms with van der Waals surface area (Å²) in [5.41, 5.74) is 4.69. The van der Waals surface area contributed by atoms with Crippen molar-refractivity contribution in [3.05, 3.63) is 68.8 Å². The topological polar surface area (TPSA) is 75.5 Å². The number of thiocarbonyl (C=S) groups is 1. The van der Waals surface area contributed by atoms with E-state index in [2.05, 4.69) is 5.32 Å². The lowest BCUT2D eigenvalue weighted by Gasteiger charge is -2.31. The summed E-state index contributed by atoms with van der Waals surface area (Å²) >= 11 is 5.55. The maximum absolute atomic E-state index is 11.0.